The Morgan fingerprint density at radius 1 is 1.50 bits per heavy atom. The van der Waals surface area contributed by atoms with Crippen molar-refractivity contribution in [1.82, 2.24) is 4.98 Å². The van der Waals surface area contributed by atoms with Crippen molar-refractivity contribution < 1.29 is 13.2 Å². The zero-order valence-electron chi connectivity index (χ0n) is 9.54. The molecule has 0 aliphatic carbocycles. The number of hydrogen-bond donors (Lipinski definition) is 1. The number of anilines is 1. The van der Waals surface area contributed by atoms with Gasteiger partial charge in [-0.15, -0.1) is 0 Å². The van der Waals surface area contributed by atoms with Crippen molar-refractivity contribution in [3.63, 3.8) is 0 Å². The Morgan fingerprint density at radius 3 is 2.78 bits per heavy atom. The number of nitrogens with two attached hydrogens (primary N) is 1. The minimum atomic E-state index is -4.42. The summed E-state index contributed by atoms with van der Waals surface area (Å²) in [5, 5.41) is 0.0187. The molecule has 2 N–H and O–H groups in total. The molecule has 1 aromatic rings. The van der Waals surface area contributed by atoms with Crippen LogP contribution in [0.4, 0.5) is 19.0 Å². The molecule has 7 heteroatoms. The van der Waals surface area contributed by atoms with Crippen molar-refractivity contribution in [3.8, 4) is 0 Å². The monoisotopic (exact) mass is 279 g/mol. The van der Waals surface area contributed by atoms with E-state index in [1.54, 1.807) is 0 Å². The van der Waals surface area contributed by atoms with Crippen LogP contribution in [0.2, 0.25) is 5.02 Å². The van der Waals surface area contributed by atoms with Gasteiger partial charge in [-0.25, -0.2) is 4.98 Å². The smallest absolute Gasteiger partial charge is 0.351 e. The highest BCUT2D eigenvalue weighted by Gasteiger charge is 2.33. The van der Waals surface area contributed by atoms with Gasteiger partial charge in [0.05, 0.1) is 10.6 Å². The van der Waals surface area contributed by atoms with E-state index in [2.05, 4.69) is 4.98 Å². The zero-order valence-corrected chi connectivity index (χ0v) is 10.3. The van der Waals surface area contributed by atoms with Crippen molar-refractivity contribution in [2.45, 2.75) is 25.1 Å². The van der Waals surface area contributed by atoms with E-state index in [4.69, 9.17) is 17.3 Å². The second kappa shape index (κ2) is 4.93. The first-order valence-corrected chi connectivity index (χ1v) is 6.00. The third-order valence-corrected chi connectivity index (χ3v) is 3.35. The molecule has 3 nitrogen and oxygen atoms in total. The third-order valence-electron chi connectivity index (χ3n) is 3.07. The van der Waals surface area contributed by atoms with E-state index in [0.717, 1.165) is 31.6 Å². The summed E-state index contributed by atoms with van der Waals surface area (Å²) < 4.78 is 37.5. The van der Waals surface area contributed by atoms with Crippen molar-refractivity contribution in [2.75, 3.05) is 18.0 Å². The topological polar surface area (TPSA) is 42.1 Å². The summed E-state index contributed by atoms with van der Waals surface area (Å²) in [6.45, 7) is 1.17. The lowest BCUT2D eigenvalue weighted by molar-refractivity contribution is -0.137. The van der Waals surface area contributed by atoms with Crippen LogP contribution in [0.5, 0.6) is 0 Å². The average Bonchev–Trinajstić information content (AvgIpc) is 2.75. The fourth-order valence-corrected chi connectivity index (χ4v) is 2.43. The van der Waals surface area contributed by atoms with Crippen molar-refractivity contribution in [1.29, 1.82) is 0 Å². The molecule has 1 fully saturated rings. The SMILES string of the molecule is NC[C@@H]1CCCN1c1ncc(C(F)(F)F)cc1Cl. The van der Waals surface area contributed by atoms with Crippen LogP contribution < -0.4 is 10.6 Å². The van der Waals surface area contributed by atoms with Crippen LogP contribution in [-0.4, -0.2) is 24.1 Å². The molecule has 0 radical (unpaired) electrons. The molecule has 2 rings (SSSR count). The molecular formula is C11H13ClF3N3. The number of aromatic nitrogens is 1. The van der Waals surface area contributed by atoms with Gasteiger partial charge >= 0.3 is 6.18 Å². The minimum absolute atomic E-state index is 0.0187. The van der Waals surface area contributed by atoms with Gasteiger partial charge in [-0.1, -0.05) is 11.6 Å². The normalized spacial score (nSPS) is 20.5. The molecule has 1 atom stereocenters. The predicted octanol–water partition coefficient (Wildman–Crippen LogP) is 2.68. The molecule has 1 aliphatic heterocycles. The van der Waals surface area contributed by atoms with Gasteiger partial charge in [-0.3, -0.25) is 0 Å². The Morgan fingerprint density at radius 2 is 2.22 bits per heavy atom. The molecule has 0 amide bonds. The first kappa shape index (κ1) is 13.4. The number of nitrogens with zero attached hydrogens (tertiary/aromatic N) is 2. The van der Waals surface area contributed by atoms with Crippen LogP contribution >= 0.6 is 11.6 Å². The third kappa shape index (κ3) is 2.54. The van der Waals surface area contributed by atoms with Crippen LogP contribution in [0, 0.1) is 0 Å². The number of halogens is 4. The highest BCUT2D eigenvalue weighted by Crippen LogP contribution is 2.35. The second-order valence-corrected chi connectivity index (χ2v) is 4.66. The largest absolute Gasteiger partial charge is 0.417 e. The van der Waals surface area contributed by atoms with Crippen molar-refractivity contribution in [2.24, 2.45) is 5.73 Å². The molecule has 1 aromatic heterocycles. The van der Waals surface area contributed by atoms with Crippen LogP contribution in [0.15, 0.2) is 12.3 Å². The lowest BCUT2D eigenvalue weighted by atomic mass is 10.2. The van der Waals surface area contributed by atoms with E-state index >= 15 is 0 Å². The lowest BCUT2D eigenvalue weighted by Crippen LogP contribution is -2.36. The van der Waals surface area contributed by atoms with Crippen LogP contribution in [0.25, 0.3) is 0 Å². The molecule has 2 heterocycles. The van der Waals surface area contributed by atoms with Gasteiger partial charge < -0.3 is 10.6 Å². The maximum absolute atomic E-state index is 12.5. The van der Waals surface area contributed by atoms with E-state index in [9.17, 15) is 13.2 Å². The minimum Gasteiger partial charge on any atom is -0.351 e. The summed E-state index contributed by atoms with van der Waals surface area (Å²) >= 11 is 5.89. The van der Waals surface area contributed by atoms with E-state index < -0.39 is 11.7 Å². The van der Waals surface area contributed by atoms with Gasteiger partial charge in [0.15, 0.2) is 0 Å². The average molecular weight is 280 g/mol. The Bertz CT molecular complexity index is 436. The Hall–Kier alpha value is -1.01. The molecule has 0 spiro atoms. The highest BCUT2D eigenvalue weighted by molar-refractivity contribution is 6.33. The summed E-state index contributed by atoms with van der Waals surface area (Å²) in [4.78, 5) is 5.72. The summed E-state index contributed by atoms with van der Waals surface area (Å²) in [5.41, 5.74) is 4.78. The summed E-state index contributed by atoms with van der Waals surface area (Å²) in [6.07, 6.45) is -1.75. The first-order valence-electron chi connectivity index (χ1n) is 5.63. The fraction of sp³-hybridized carbons (Fsp3) is 0.545. The first-order chi connectivity index (χ1) is 8.43. The summed E-state index contributed by atoms with van der Waals surface area (Å²) in [6, 6.07) is 1.02. The maximum atomic E-state index is 12.5. The fourth-order valence-electron chi connectivity index (χ4n) is 2.16. The molecule has 0 bridgehead atoms. The molecular weight excluding hydrogens is 267 g/mol. The van der Waals surface area contributed by atoms with Gasteiger partial charge in [0.1, 0.15) is 5.82 Å². The van der Waals surface area contributed by atoms with E-state index in [0.29, 0.717) is 12.4 Å². The standard InChI is InChI=1S/C11H13ClF3N3/c12-9-4-7(11(13,14)15)6-17-10(9)18-3-1-2-8(18)5-16/h4,6,8H,1-3,5,16H2/t8-/m0/s1. The Kier molecular flexibility index (Phi) is 3.68. The van der Waals surface area contributed by atoms with Crippen LogP contribution in [0.1, 0.15) is 18.4 Å². The van der Waals surface area contributed by atoms with Crippen molar-refractivity contribution in [3.05, 3.63) is 22.8 Å². The molecule has 0 aromatic carbocycles. The highest BCUT2D eigenvalue weighted by atomic mass is 35.5. The number of rotatable bonds is 2. The van der Waals surface area contributed by atoms with Gasteiger partial charge in [-0.05, 0) is 18.9 Å². The summed E-state index contributed by atoms with van der Waals surface area (Å²) in [5.74, 6) is 0.387. The molecule has 0 saturated carbocycles. The van der Waals surface area contributed by atoms with Gasteiger partial charge in [0.2, 0.25) is 0 Å². The Balaban J connectivity index is 2.30. The van der Waals surface area contributed by atoms with Crippen LogP contribution in [-0.2, 0) is 6.18 Å². The predicted molar refractivity (Wildman–Crippen MR) is 63.7 cm³/mol. The van der Waals surface area contributed by atoms with Gasteiger partial charge in [0.25, 0.3) is 0 Å². The number of alkyl halides is 3. The second-order valence-electron chi connectivity index (χ2n) is 4.25. The van der Waals surface area contributed by atoms with E-state index in [1.807, 2.05) is 4.90 Å². The van der Waals surface area contributed by atoms with Crippen molar-refractivity contribution >= 4 is 17.4 Å². The molecule has 1 saturated heterocycles. The quantitative estimate of drug-likeness (QED) is 0.905. The van der Waals surface area contributed by atoms with E-state index in [-0.39, 0.29) is 11.1 Å². The molecule has 18 heavy (non-hydrogen) atoms. The van der Waals surface area contributed by atoms with Gasteiger partial charge in [-0.2, -0.15) is 13.2 Å². The molecule has 0 unspecified atom stereocenters. The zero-order chi connectivity index (χ0) is 13.3. The van der Waals surface area contributed by atoms with Gasteiger partial charge in [0, 0.05) is 25.3 Å². The lowest BCUT2D eigenvalue weighted by Gasteiger charge is -2.25. The maximum Gasteiger partial charge on any atom is 0.417 e. The van der Waals surface area contributed by atoms with Crippen LogP contribution in [0.3, 0.4) is 0 Å². The number of pyridine rings is 1. The number of hydrogen-bond acceptors (Lipinski definition) is 3. The molecule has 1 aliphatic rings. The van der Waals surface area contributed by atoms with E-state index in [1.165, 1.54) is 0 Å². The Labute approximate surface area is 108 Å². The molecule has 100 valence electrons. The summed E-state index contributed by atoms with van der Waals surface area (Å²) in [7, 11) is 0.